The number of hydrogen-bond donors (Lipinski definition) is 0. The van der Waals surface area contributed by atoms with Gasteiger partial charge in [0.2, 0.25) is 11.7 Å². The van der Waals surface area contributed by atoms with Gasteiger partial charge in [0.05, 0.1) is 4.88 Å². The van der Waals surface area contributed by atoms with Crippen LogP contribution in [0, 0.1) is 0 Å². The summed E-state index contributed by atoms with van der Waals surface area (Å²) >= 11 is 1.55. The largest absolute Gasteiger partial charge is 0.338 e. The van der Waals surface area contributed by atoms with Crippen LogP contribution in [0.2, 0.25) is 0 Å². The highest BCUT2D eigenvalue weighted by molar-refractivity contribution is 7.83. The Balaban J connectivity index is 1.61. The molecule has 120 valence electrons. The van der Waals surface area contributed by atoms with Crippen molar-refractivity contribution in [3.05, 3.63) is 58.8 Å². The van der Waals surface area contributed by atoms with Crippen LogP contribution in [0.5, 0.6) is 0 Å². The Morgan fingerprint density at radius 1 is 1.17 bits per heavy atom. The summed E-state index contributed by atoms with van der Waals surface area (Å²) in [4.78, 5) is 5.26. The van der Waals surface area contributed by atoms with Gasteiger partial charge in [0.25, 0.3) is 0 Å². The van der Waals surface area contributed by atoms with Gasteiger partial charge >= 0.3 is 0 Å². The highest BCUT2D eigenvalue weighted by atomic mass is 32.2. The van der Waals surface area contributed by atoms with Gasteiger partial charge in [-0.15, -0.1) is 11.3 Å². The molecule has 1 aromatic carbocycles. The van der Waals surface area contributed by atoms with E-state index in [9.17, 15) is 4.21 Å². The zero-order chi connectivity index (χ0) is 16.2. The molecule has 4 nitrogen and oxygen atoms in total. The SMILES string of the molecule is CC(C)c1ccc(C[S@](=O)Cc2nc(-c3cccs3)no2)cc1. The van der Waals surface area contributed by atoms with Crippen molar-refractivity contribution in [2.24, 2.45) is 0 Å². The van der Waals surface area contributed by atoms with Crippen molar-refractivity contribution in [2.45, 2.75) is 31.3 Å². The van der Waals surface area contributed by atoms with Crippen molar-refractivity contribution in [3.63, 3.8) is 0 Å². The molecule has 3 aromatic rings. The zero-order valence-electron chi connectivity index (χ0n) is 13.1. The minimum atomic E-state index is -1.07. The van der Waals surface area contributed by atoms with E-state index in [1.165, 1.54) is 5.56 Å². The summed E-state index contributed by atoms with van der Waals surface area (Å²) < 4.78 is 17.5. The molecule has 0 amide bonds. The third kappa shape index (κ3) is 4.14. The second-order valence-electron chi connectivity index (χ2n) is 5.61. The van der Waals surface area contributed by atoms with Gasteiger partial charge in [-0.25, -0.2) is 0 Å². The molecule has 0 fully saturated rings. The lowest BCUT2D eigenvalue weighted by molar-refractivity contribution is 0.391. The highest BCUT2D eigenvalue weighted by Crippen LogP contribution is 2.22. The summed E-state index contributed by atoms with van der Waals surface area (Å²) in [5, 5.41) is 5.90. The molecule has 0 saturated carbocycles. The Hall–Kier alpha value is -1.79. The van der Waals surface area contributed by atoms with Gasteiger partial charge in [0, 0.05) is 16.6 Å². The van der Waals surface area contributed by atoms with Gasteiger partial charge < -0.3 is 4.52 Å². The molecule has 0 unspecified atom stereocenters. The minimum absolute atomic E-state index is 0.282. The summed E-state index contributed by atoms with van der Waals surface area (Å²) in [6, 6.07) is 12.1. The van der Waals surface area contributed by atoms with Crippen LogP contribution in [0.3, 0.4) is 0 Å². The van der Waals surface area contributed by atoms with Gasteiger partial charge in [-0.05, 0) is 28.5 Å². The maximum atomic E-state index is 12.3. The van der Waals surface area contributed by atoms with Crippen molar-refractivity contribution in [3.8, 4) is 10.7 Å². The molecule has 23 heavy (non-hydrogen) atoms. The summed E-state index contributed by atoms with van der Waals surface area (Å²) in [7, 11) is -1.07. The molecule has 6 heteroatoms. The van der Waals surface area contributed by atoms with Crippen LogP contribution in [0.25, 0.3) is 10.7 Å². The number of aromatic nitrogens is 2. The van der Waals surface area contributed by atoms with E-state index in [0.717, 1.165) is 10.4 Å². The van der Waals surface area contributed by atoms with Crippen molar-refractivity contribution in [1.82, 2.24) is 10.1 Å². The summed E-state index contributed by atoms with van der Waals surface area (Å²) in [5.41, 5.74) is 2.35. The normalized spacial score (nSPS) is 12.7. The van der Waals surface area contributed by atoms with E-state index in [0.29, 0.717) is 23.4 Å². The van der Waals surface area contributed by atoms with Crippen LogP contribution >= 0.6 is 11.3 Å². The number of benzene rings is 1. The average molecular weight is 346 g/mol. The molecule has 2 heterocycles. The van der Waals surface area contributed by atoms with Crippen molar-refractivity contribution >= 4 is 22.1 Å². The molecule has 0 aliphatic carbocycles. The van der Waals surface area contributed by atoms with Gasteiger partial charge in [-0.2, -0.15) is 4.98 Å². The first-order valence-electron chi connectivity index (χ1n) is 7.42. The lowest BCUT2D eigenvalue weighted by Crippen LogP contribution is -2.00. The van der Waals surface area contributed by atoms with Crippen molar-refractivity contribution in [2.75, 3.05) is 0 Å². The predicted octanol–water partition coefficient (Wildman–Crippen LogP) is 4.37. The lowest BCUT2D eigenvalue weighted by Gasteiger charge is -2.06. The first kappa shape index (κ1) is 16.1. The van der Waals surface area contributed by atoms with E-state index < -0.39 is 10.8 Å². The van der Waals surface area contributed by atoms with Gasteiger partial charge in [-0.1, -0.05) is 49.3 Å². The summed E-state index contributed by atoms with van der Waals surface area (Å²) in [6.45, 7) is 4.32. The Morgan fingerprint density at radius 2 is 1.96 bits per heavy atom. The Bertz CT molecular complexity index is 777. The molecule has 3 rings (SSSR count). The van der Waals surface area contributed by atoms with E-state index >= 15 is 0 Å². The Morgan fingerprint density at radius 3 is 2.61 bits per heavy atom. The van der Waals surface area contributed by atoms with Gasteiger partial charge in [0.15, 0.2) is 0 Å². The van der Waals surface area contributed by atoms with Gasteiger partial charge in [-0.3, -0.25) is 4.21 Å². The van der Waals surface area contributed by atoms with Crippen molar-refractivity contribution in [1.29, 1.82) is 0 Å². The van der Waals surface area contributed by atoms with Crippen LogP contribution in [0.15, 0.2) is 46.3 Å². The van der Waals surface area contributed by atoms with E-state index in [1.807, 2.05) is 29.6 Å². The predicted molar refractivity (Wildman–Crippen MR) is 93.7 cm³/mol. The number of thiophene rings is 1. The standard InChI is InChI=1S/C17H18N2O2S2/c1-12(2)14-7-5-13(6-8-14)10-23(20)11-16-18-17(19-21-16)15-4-3-9-22-15/h3-9,12H,10-11H2,1-2H3/t23-/m0/s1. The number of nitrogens with zero attached hydrogens (tertiary/aromatic N) is 2. The molecule has 0 saturated heterocycles. The number of rotatable bonds is 6. The minimum Gasteiger partial charge on any atom is -0.338 e. The second-order valence-corrected chi connectivity index (χ2v) is 8.02. The first-order chi connectivity index (χ1) is 11.1. The molecular weight excluding hydrogens is 328 g/mol. The fourth-order valence-electron chi connectivity index (χ4n) is 2.19. The maximum Gasteiger partial charge on any atom is 0.239 e. The van der Waals surface area contributed by atoms with Crippen LogP contribution in [-0.4, -0.2) is 14.3 Å². The van der Waals surface area contributed by atoms with Crippen molar-refractivity contribution < 1.29 is 8.73 Å². The molecule has 0 aliphatic rings. The van der Waals surface area contributed by atoms with Crippen LogP contribution < -0.4 is 0 Å². The molecule has 2 aromatic heterocycles. The molecule has 1 atom stereocenters. The van der Waals surface area contributed by atoms with E-state index in [2.05, 4.69) is 36.1 Å². The van der Waals surface area contributed by atoms with Crippen LogP contribution in [-0.2, 0) is 22.3 Å². The third-order valence-corrected chi connectivity index (χ3v) is 5.56. The van der Waals surface area contributed by atoms with Gasteiger partial charge in [0.1, 0.15) is 5.75 Å². The molecule has 0 bridgehead atoms. The zero-order valence-corrected chi connectivity index (χ0v) is 14.7. The highest BCUT2D eigenvalue weighted by Gasteiger charge is 2.12. The van der Waals surface area contributed by atoms with E-state index in [4.69, 9.17) is 4.52 Å². The average Bonchev–Trinajstić information content (AvgIpc) is 3.18. The molecule has 0 spiro atoms. The quantitative estimate of drug-likeness (QED) is 0.665. The molecule has 0 N–H and O–H groups in total. The number of hydrogen-bond acceptors (Lipinski definition) is 5. The topological polar surface area (TPSA) is 56.0 Å². The monoisotopic (exact) mass is 346 g/mol. The molecular formula is C17H18N2O2S2. The summed E-state index contributed by atoms with van der Waals surface area (Å²) in [5.74, 6) is 2.27. The fraction of sp³-hybridized carbons (Fsp3) is 0.294. The summed E-state index contributed by atoms with van der Waals surface area (Å²) in [6.07, 6.45) is 0. The van der Waals surface area contributed by atoms with E-state index in [1.54, 1.807) is 11.3 Å². The first-order valence-corrected chi connectivity index (χ1v) is 9.79. The molecule has 0 aliphatic heterocycles. The Labute approximate surface area is 142 Å². The molecule has 0 radical (unpaired) electrons. The van der Waals surface area contributed by atoms with Crippen LogP contribution in [0.4, 0.5) is 0 Å². The van der Waals surface area contributed by atoms with Crippen LogP contribution in [0.1, 0.15) is 36.8 Å². The smallest absolute Gasteiger partial charge is 0.239 e. The second kappa shape index (κ2) is 7.19. The fourth-order valence-corrected chi connectivity index (χ4v) is 3.90. The Kier molecular flexibility index (Phi) is 5.03. The van der Waals surface area contributed by atoms with E-state index in [-0.39, 0.29) is 5.75 Å². The lowest BCUT2D eigenvalue weighted by atomic mass is 10.0. The third-order valence-electron chi connectivity index (χ3n) is 3.47. The maximum absolute atomic E-state index is 12.3.